The van der Waals surface area contributed by atoms with Gasteiger partial charge in [0.05, 0.1) is 10.8 Å². The van der Waals surface area contributed by atoms with E-state index in [1.54, 1.807) is 25.1 Å². The van der Waals surface area contributed by atoms with Crippen molar-refractivity contribution < 1.29 is 13.2 Å². The Morgan fingerprint density at radius 3 is 2.96 bits per heavy atom. The topological polar surface area (TPSA) is 84.7 Å². The zero-order chi connectivity index (χ0) is 17.6. The number of thioether (sulfide) groups is 1. The van der Waals surface area contributed by atoms with Gasteiger partial charge in [-0.2, -0.15) is 11.8 Å². The molecule has 1 aromatic rings. The normalized spacial score (nSPS) is 18.7. The summed E-state index contributed by atoms with van der Waals surface area (Å²) in [6, 6.07) is 1.88. The van der Waals surface area contributed by atoms with E-state index in [0.717, 1.165) is 53.9 Å². The van der Waals surface area contributed by atoms with Gasteiger partial charge >= 0.3 is 0 Å². The van der Waals surface area contributed by atoms with E-state index >= 15 is 0 Å². The standard InChI is InChI=1S/C14H25N3O3S4/c1-3-16-12-10-17(5-4-7-21-8-6-20-2)23-14-11(12)9-13(22-14)24(15,18)19/h9,12,16H,3-8,10H2,1-2H3,(H2,15,18,19). The van der Waals surface area contributed by atoms with Crippen LogP contribution in [0.1, 0.15) is 24.9 Å². The van der Waals surface area contributed by atoms with Crippen LogP contribution in [-0.2, 0) is 14.8 Å². The monoisotopic (exact) mass is 411 g/mol. The van der Waals surface area contributed by atoms with Gasteiger partial charge in [0.25, 0.3) is 0 Å². The number of rotatable bonds is 10. The van der Waals surface area contributed by atoms with Gasteiger partial charge in [0.1, 0.15) is 4.21 Å². The molecule has 1 unspecified atom stereocenters. The number of likely N-dealkylation sites (N-methyl/N-ethyl adjacent to an activating group) is 1. The first kappa shape index (κ1) is 20.5. The van der Waals surface area contributed by atoms with Crippen molar-refractivity contribution in [3.8, 4) is 0 Å². The van der Waals surface area contributed by atoms with E-state index in [1.165, 1.54) is 11.3 Å². The van der Waals surface area contributed by atoms with Crippen molar-refractivity contribution in [1.29, 1.82) is 0 Å². The fourth-order valence-electron chi connectivity index (χ4n) is 2.42. The van der Waals surface area contributed by atoms with Gasteiger partial charge in [-0.1, -0.05) is 6.92 Å². The van der Waals surface area contributed by atoms with Crippen molar-refractivity contribution >= 4 is 45.1 Å². The minimum absolute atomic E-state index is 0.152. The summed E-state index contributed by atoms with van der Waals surface area (Å²) in [6.07, 6.45) is 1.10. The molecule has 10 heteroatoms. The highest BCUT2D eigenvalue weighted by atomic mass is 32.3. The summed E-state index contributed by atoms with van der Waals surface area (Å²) in [7, 11) is -1.92. The van der Waals surface area contributed by atoms with Gasteiger partial charge in [-0.15, -0.1) is 11.3 Å². The van der Waals surface area contributed by atoms with Crippen molar-refractivity contribution in [2.75, 3.05) is 44.9 Å². The van der Waals surface area contributed by atoms with Crippen molar-refractivity contribution in [3.05, 3.63) is 11.6 Å². The third-order valence-electron chi connectivity index (χ3n) is 3.53. The molecule has 0 fully saturated rings. The number of hydrogen-bond acceptors (Lipinski definition) is 8. The second-order valence-electron chi connectivity index (χ2n) is 5.40. The third kappa shape index (κ3) is 5.87. The van der Waals surface area contributed by atoms with Crippen LogP contribution in [0.25, 0.3) is 0 Å². The molecule has 1 aromatic heterocycles. The molecule has 6 nitrogen and oxygen atoms in total. The number of fused-ring (bicyclic) bond motifs is 1. The predicted molar refractivity (Wildman–Crippen MR) is 103 cm³/mol. The minimum atomic E-state index is -3.64. The predicted octanol–water partition coefficient (Wildman–Crippen LogP) is 2.14. The average molecular weight is 412 g/mol. The molecule has 3 N–H and O–H groups in total. The maximum absolute atomic E-state index is 11.6. The molecule has 24 heavy (non-hydrogen) atoms. The van der Waals surface area contributed by atoms with Gasteiger partial charge in [-0.3, -0.25) is 0 Å². The van der Waals surface area contributed by atoms with E-state index < -0.39 is 10.0 Å². The van der Waals surface area contributed by atoms with Crippen molar-refractivity contribution in [2.45, 2.75) is 27.8 Å². The summed E-state index contributed by atoms with van der Waals surface area (Å²) in [4.78, 5) is 0. The van der Waals surface area contributed by atoms with Gasteiger partial charge in [0.15, 0.2) is 0 Å². The minimum Gasteiger partial charge on any atom is -0.384 e. The lowest BCUT2D eigenvalue weighted by atomic mass is 10.1. The third-order valence-corrected chi connectivity index (χ3v) is 8.40. The van der Waals surface area contributed by atoms with Gasteiger partial charge in [-0.05, 0) is 42.3 Å². The van der Waals surface area contributed by atoms with E-state index in [-0.39, 0.29) is 10.3 Å². The molecule has 0 bridgehead atoms. The van der Waals surface area contributed by atoms with Crippen LogP contribution < -0.4 is 10.5 Å². The largest absolute Gasteiger partial charge is 0.384 e. The number of hydrogen-bond donors (Lipinski definition) is 2. The smallest absolute Gasteiger partial charge is 0.247 e. The quantitative estimate of drug-likeness (QED) is 0.451. The van der Waals surface area contributed by atoms with Crippen molar-refractivity contribution in [3.63, 3.8) is 0 Å². The highest BCUT2D eigenvalue weighted by Crippen LogP contribution is 2.43. The molecule has 0 amide bonds. The summed E-state index contributed by atoms with van der Waals surface area (Å²) < 4.78 is 31.9. The van der Waals surface area contributed by atoms with Crippen LogP contribution in [0.3, 0.4) is 0 Å². The first-order valence-electron chi connectivity index (χ1n) is 7.85. The number of ether oxygens (including phenoxy) is 1. The molecule has 1 aliphatic heterocycles. The fourth-order valence-corrected chi connectivity index (χ4v) is 6.82. The summed E-state index contributed by atoms with van der Waals surface area (Å²) in [5, 5.41) is 8.74. The van der Waals surface area contributed by atoms with Crippen LogP contribution in [0.5, 0.6) is 0 Å². The molecule has 2 heterocycles. The van der Waals surface area contributed by atoms with E-state index in [4.69, 9.17) is 9.88 Å². The summed E-state index contributed by atoms with van der Waals surface area (Å²) >= 11 is 4.82. The Kier molecular flexibility index (Phi) is 8.34. The Hall–Kier alpha value is 0.190. The lowest BCUT2D eigenvalue weighted by Crippen LogP contribution is -2.35. The van der Waals surface area contributed by atoms with E-state index in [0.29, 0.717) is 0 Å². The first-order valence-corrected chi connectivity index (χ1v) is 12.1. The molecule has 1 aliphatic rings. The van der Waals surface area contributed by atoms with Crippen LogP contribution in [-0.4, -0.2) is 57.6 Å². The molecule has 0 radical (unpaired) electrons. The molecule has 0 spiro atoms. The lowest BCUT2D eigenvalue weighted by Gasteiger charge is -2.31. The maximum atomic E-state index is 11.6. The Bertz CT molecular complexity index is 621. The van der Waals surface area contributed by atoms with Crippen LogP contribution >= 0.6 is 35.0 Å². The van der Waals surface area contributed by atoms with Crippen LogP contribution in [0.4, 0.5) is 0 Å². The molecule has 138 valence electrons. The molecule has 0 aliphatic carbocycles. The number of nitrogens with two attached hydrogens (primary N) is 1. The molecule has 0 saturated carbocycles. The molecular weight excluding hydrogens is 386 g/mol. The zero-order valence-electron chi connectivity index (χ0n) is 14.0. The summed E-state index contributed by atoms with van der Waals surface area (Å²) in [5.41, 5.74) is 1.06. The van der Waals surface area contributed by atoms with Crippen LogP contribution in [0, 0.1) is 0 Å². The van der Waals surface area contributed by atoms with Crippen molar-refractivity contribution in [1.82, 2.24) is 9.62 Å². The van der Waals surface area contributed by atoms with E-state index in [9.17, 15) is 8.42 Å². The Balaban J connectivity index is 1.96. The first-order chi connectivity index (χ1) is 11.5. The molecule has 0 saturated heterocycles. The molecular formula is C14H25N3O3S4. The second kappa shape index (κ2) is 9.77. The van der Waals surface area contributed by atoms with Crippen LogP contribution in [0.15, 0.2) is 14.5 Å². The Labute approximate surface area is 157 Å². The van der Waals surface area contributed by atoms with Gasteiger partial charge < -0.3 is 10.1 Å². The Morgan fingerprint density at radius 2 is 2.29 bits per heavy atom. The zero-order valence-corrected chi connectivity index (χ0v) is 17.3. The fraction of sp³-hybridized carbons (Fsp3) is 0.714. The van der Waals surface area contributed by atoms with E-state index in [1.807, 2.05) is 11.8 Å². The van der Waals surface area contributed by atoms with Gasteiger partial charge in [-0.25, -0.2) is 17.9 Å². The van der Waals surface area contributed by atoms with Crippen LogP contribution in [0.2, 0.25) is 0 Å². The highest BCUT2D eigenvalue weighted by Gasteiger charge is 2.29. The molecule has 0 aromatic carbocycles. The number of nitrogens with one attached hydrogen (secondary N) is 1. The number of methoxy groups -OCH3 is 1. The van der Waals surface area contributed by atoms with E-state index in [2.05, 4.69) is 16.5 Å². The summed E-state index contributed by atoms with van der Waals surface area (Å²) in [5.74, 6) is 2.13. The number of sulfonamides is 1. The Morgan fingerprint density at radius 1 is 1.50 bits per heavy atom. The van der Waals surface area contributed by atoms with Gasteiger partial charge in [0.2, 0.25) is 10.0 Å². The summed E-state index contributed by atoms with van der Waals surface area (Å²) in [6.45, 7) is 5.55. The highest BCUT2D eigenvalue weighted by molar-refractivity contribution is 8.00. The molecule has 2 rings (SSSR count). The van der Waals surface area contributed by atoms with Gasteiger partial charge in [0, 0.05) is 32.0 Å². The van der Waals surface area contributed by atoms with Crippen molar-refractivity contribution in [2.24, 2.45) is 5.14 Å². The maximum Gasteiger partial charge on any atom is 0.247 e. The number of thiophene rings is 1. The molecule has 1 atom stereocenters. The second-order valence-corrected chi connectivity index (χ2v) is 10.8. The SMILES string of the molecule is CCNC1CN(CCCSCCOC)Sc2sc(S(N)(=O)=O)cc21. The average Bonchev–Trinajstić information content (AvgIpc) is 2.95. The number of primary sulfonamides is 1. The number of nitrogens with zero attached hydrogens (tertiary/aromatic N) is 1. The lowest BCUT2D eigenvalue weighted by molar-refractivity contribution is 0.218.